The molecule has 4 rings (SSSR count). The van der Waals surface area contributed by atoms with E-state index in [0.717, 1.165) is 24.9 Å². The van der Waals surface area contributed by atoms with Gasteiger partial charge in [-0.2, -0.15) is 5.26 Å². The standard InChI is InChI=1S/C24H24ClN5O2S/c25-19-11-5-6-12-20(19)32-15-21-28-29-23(30(21)18-9-3-1-4-10-18)33-16-22(31)27-24(17-26)13-7-2-8-14-24/h1,3-6,9-12H,2,7-8,13-16H2,(H,27,31). The Balaban J connectivity index is 1.49. The van der Waals surface area contributed by atoms with Crippen LogP contribution in [0.4, 0.5) is 0 Å². The molecule has 7 nitrogen and oxygen atoms in total. The second-order valence-electron chi connectivity index (χ2n) is 7.88. The molecule has 1 amide bonds. The summed E-state index contributed by atoms with van der Waals surface area (Å²) in [6.45, 7) is 0.163. The van der Waals surface area contributed by atoms with Crippen molar-refractivity contribution in [1.29, 1.82) is 5.26 Å². The fourth-order valence-electron chi connectivity index (χ4n) is 3.88. The zero-order chi connectivity index (χ0) is 23.1. The number of aromatic nitrogens is 3. The van der Waals surface area contributed by atoms with Crippen LogP contribution in [0.1, 0.15) is 37.9 Å². The van der Waals surface area contributed by atoms with Crippen LogP contribution in [0, 0.1) is 11.3 Å². The van der Waals surface area contributed by atoms with Crippen LogP contribution < -0.4 is 10.1 Å². The van der Waals surface area contributed by atoms with Gasteiger partial charge in [-0.15, -0.1) is 10.2 Å². The SMILES string of the molecule is N#CC1(NC(=O)CSc2nnc(COc3ccccc3Cl)n2-c2ccccc2)CCCCC1. The van der Waals surface area contributed by atoms with E-state index in [1.807, 2.05) is 47.0 Å². The van der Waals surface area contributed by atoms with Crippen molar-refractivity contribution >= 4 is 29.3 Å². The first kappa shape index (κ1) is 23.1. The van der Waals surface area contributed by atoms with E-state index in [1.165, 1.54) is 11.8 Å². The zero-order valence-corrected chi connectivity index (χ0v) is 19.6. The number of thioether (sulfide) groups is 1. The van der Waals surface area contributed by atoms with Gasteiger partial charge >= 0.3 is 0 Å². The minimum atomic E-state index is -0.753. The van der Waals surface area contributed by atoms with E-state index < -0.39 is 5.54 Å². The second-order valence-corrected chi connectivity index (χ2v) is 9.23. The van der Waals surface area contributed by atoms with Gasteiger partial charge in [0, 0.05) is 5.69 Å². The highest BCUT2D eigenvalue weighted by molar-refractivity contribution is 7.99. The molecule has 1 aliphatic carbocycles. The normalized spacial score (nSPS) is 14.9. The topological polar surface area (TPSA) is 92.8 Å². The molecule has 0 spiro atoms. The van der Waals surface area contributed by atoms with Crippen LogP contribution >= 0.6 is 23.4 Å². The van der Waals surface area contributed by atoms with Crippen LogP contribution in [0.5, 0.6) is 5.75 Å². The minimum absolute atomic E-state index is 0.139. The zero-order valence-electron chi connectivity index (χ0n) is 18.0. The lowest BCUT2D eigenvalue weighted by atomic mass is 9.83. The van der Waals surface area contributed by atoms with Crippen LogP contribution in [0.15, 0.2) is 59.8 Å². The highest BCUT2D eigenvalue weighted by Gasteiger charge is 2.33. The molecule has 1 saturated carbocycles. The molecule has 1 N–H and O–H groups in total. The van der Waals surface area contributed by atoms with Gasteiger partial charge in [0.1, 0.15) is 17.9 Å². The van der Waals surface area contributed by atoms with Gasteiger partial charge in [0.05, 0.1) is 16.8 Å². The van der Waals surface area contributed by atoms with Crippen molar-refractivity contribution in [3.8, 4) is 17.5 Å². The maximum Gasteiger partial charge on any atom is 0.231 e. The Kier molecular flexibility index (Phi) is 7.53. The molecule has 0 atom stereocenters. The van der Waals surface area contributed by atoms with Gasteiger partial charge in [0.15, 0.2) is 11.0 Å². The number of nitrogens with zero attached hydrogens (tertiary/aromatic N) is 4. The van der Waals surface area contributed by atoms with Crippen LogP contribution in [0.3, 0.4) is 0 Å². The Morgan fingerprint density at radius 3 is 2.58 bits per heavy atom. The van der Waals surface area contributed by atoms with E-state index in [-0.39, 0.29) is 18.3 Å². The molecule has 0 bridgehead atoms. The fourth-order valence-corrected chi connectivity index (χ4v) is 4.84. The van der Waals surface area contributed by atoms with Crippen molar-refractivity contribution < 1.29 is 9.53 Å². The van der Waals surface area contributed by atoms with Gasteiger partial charge in [0.2, 0.25) is 5.91 Å². The van der Waals surface area contributed by atoms with Gasteiger partial charge in [-0.1, -0.05) is 73.0 Å². The van der Waals surface area contributed by atoms with Crippen LogP contribution in [0.25, 0.3) is 5.69 Å². The third kappa shape index (κ3) is 5.67. The first-order valence-electron chi connectivity index (χ1n) is 10.8. The second kappa shape index (κ2) is 10.7. The molecule has 1 aromatic heterocycles. The van der Waals surface area contributed by atoms with Crippen molar-refractivity contribution in [2.75, 3.05) is 5.75 Å². The summed E-state index contributed by atoms with van der Waals surface area (Å²) in [5, 5.41) is 22.3. The molecule has 170 valence electrons. The number of hydrogen-bond donors (Lipinski definition) is 1. The van der Waals surface area contributed by atoms with Crippen LogP contribution in [0.2, 0.25) is 5.02 Å². The number of hydrogen-bond acceptors (Lipinski definition) is 6. The van der Waals surface area contributed by atoms with E-state index in [1.54, 1.807) is 12.1 Å². The van der Waals surface area contributed by atoms with Crippen LogP contribution in [-0.4, -0.2) is 32.0 Å². The summed E-state index contributed by atoms with van der Waals surface area (Å²) in [7, 11) is 0. The quantitative estimate of drug-likeness (QED) is 0.458. The van der Waals surface area contributed by atoms with Crippen molar-refractivity contribution in [2.24, 2.45) is 0 Å². The molecule has 0 radical (unpaired) electrons. The van der Waals surface area contributed by atoms with E-state index in [2.05, 4.69) is 21.6 Å². The third-order valence-corrected chi connectivity index (χ3v) is 6.78. The number of halogens is 1. The van der Waals surface area contributed by atoms with Crippen molar-refractivity contribution in [3.63, 3.8) is 0 Å². The third-order valence-electron chi connectivity index (χ3n) is 5.54. The number of amides is 1. The monoisotopic (exact) mass is 481 g/mol. The summed E-state index contributed by atoms with van der Waals surface area (Å²) in [5.74, 6) is 1.11. The summed E-state index contributed by atoms with van der Waals surface area (Å²) in [6, 6.07) is 19.2. The predicted molar refractivity (Wildman–Crippen MR) is 127 cm³/mol. The highest BCUT2D eigenvalue weighted by Crippen LogP contribution is 2.29. The number of rotatable bonds is 8. The number of carbonyl (C=O) groups excluding carboxylic acids is 1. The Hall–Kier alpha value is -3.02. The Morgan fingerprint density at radius 1 is 1.12 bits per heavy atom. The van der Waals surface area contributed by atoms with Gasteiger partial charge in [0.25, 0.3) is 0 Å². The highest BCUT2D eigenvalue weighted by atomic mass is 35.5. The van der Waals surface area contributed by atoms with E-state index >= 15 is 0 Å². The molecule has 2 aromatic carbocycles. The van der Waals surface area contributed by atoms with E-state index in [9.17, 15) is 10.1 Å². The van der Waals surface area contributed by atoms with E-state index in [4.69, 9.17) is 16.3 Å². The molecule has 1 heterocycles. The number of benzene rings is 2. The Morgan fingerprint density at radius 2 is 1.85 bits per heavy atom. The number of nitrogens with one attached hydrogen (secondary N) is 1. The lowest BCUT2D eigenvalue weighted by Crippen LogP contribution is -2.49. The smallest absolute Gasteiger partial charge is 0.231 e. The Labute approximate surface area is 202 Å². The molecule has 0 unspecified atom stereocenters. The lowest BCUT2D eigenvalue weighted by Gasteiger charge is -2.31. The lowest BCUT2D eigenvalue weighted by molar-refractivity contribution is -0.120. The number of nitriles is 1. The summed E-state index contributed by atoms with van der Waals surface area (Å²) >= 11 is 7.48. The molecular formula is C24H24ClN5O2S. The predicted octanol–water partition coefficient (Wildman–Crippen LogP) is 4.93. The average molecular weight is 482 g/mol. The number of para-hydroxylation sites is 2. The molecule has 9 heteroatoms. The fraction of sp³-hybridized carbons (Fsp3) is 0.333. The van der Waals surface area contributed by atoms with Crippen LogP contribution in [-0.2, 0) is 11.4 Å². The minimum Gasteiger partial charge on any atom is -0.484 e. The van der Waals surface area contributed by atoms with Gasteiger partial charge in [-0.05, 0) is 37.1 Å². The maximum absolute atomic E-state index is 12.7. The molecule has 3 aromatic rings. The van der Waals surface area contributed by atoms with Crippen molar-refractivity contribution in [1.82, 2.24) is 20.1 Å². The first-order chi connectivity index (χ1) is 16.1. The molecule has 33 heavy (non-hydrogen) atoms. The van der Waals surface area contributed by atoms with Crippen molar-refractivity contribution in [2.45, 2.75) is 49.4 Å². The maximum atomic E-state index is 12.7. The molecule has 0 saturated heterocycles. The van der Waals surface area contributed by atoms with Gasteiger partial charge in [-0.25, -0.2) is 0 Å². The summed E-state index contributed by atoms with van der Waals surface area (Å²) in [5.41, 5.74) is 0.112. The summed E-state index contributed by atoms with van der Waals surface area (Å²) in [4.78, 5) is 12.7. The average Bonchev–Trinajstić information content (AvgIpc) is 3.26. The molecule has 1 fully saturated rings. The van der Waals surface area contributed by atoms with E-state index in [0.29, 0.717) is 34.6 Å². The molecular weight excluding hydrogens is 458 g/mol. The number of carbonyl (C=O) groups is 1. The van der Waals surface area contributed by atoms with Crippen molar-refractivity contribution in [3.05, 3.63) is 65.4 Å². The largest absolute Gasteiger partial charge is 0.484 e. The first-order valence-corrected chi connectivity index (χ1v) is 12.2. The Bertz CT molecular complexity index is 1140. The summed E-state index contributed by atoms with van der Waals surface area (Å²) < 4.78 is 7.74. The van der Waals surface area contributed by atoms with Gasteiger partial charge in [-0.3, -0.25) is 9.36 Å². The molecule has 0 aliphatic heterocycles. The van der Waals surface area contributed by atoms with Gasteiger partial charge < -0.3 is 10.1 Å². The molecule has 1 aliphatic rings. The number of ether oxygens (including phenoxy) is 1. The summed E-state index contributed by atoms with van der Waals surface area (Å²) in [6.07, 6.45) is 4.41.